The number of amides is 1. The molecule has 0 aromatic heterocycles. The van der Waals surface area contributed by atoms with E-state index in [-0.39, 0.29) is 17.7 Å². The van der Waals surface area contributed by atoms with Gasteiger partial charge in [-0.1, -0.05) is 42.1 Å². The summed E-state index contributed by atoms with van der Waals surface area (Å²) in [7, 11) is -2.86. The number of benzene rings is 2. The summed E-state index contributed by atoms with van der Waals surface area (Å²) < 4.78 is 23.4. The fraction of sp³-hybridized carbons (Fsp3) is 0.409. The Labute approximate surface area is 182 Å². The van der Waals surface area contributed by atoms with E-state index in [9.17, 15) is 13.2 Å². The van der Waals surface area contributed by atoms with E-state index >= 15 is 0 Å². The number of hydrogen-bond donors (Lipinski definition) is 1. The third-order valence-electron chi connectivity index (χ3n) is 5.63. The molecule has 1 N–H and O–H groups in total. The maximum atomic E-state index is 12.7. The quantitative estimate of drug-likeness (QED) is 0.737. The average Bonchev–Trinajstić information content (AvgIpc) is 3.10. The normalized spacial score (nSPS) is 22.1. The molecule has 2 saturated heterocycles. The number of carbonyl (C=O) groups is 1. The molecule has 6 nitrogen and oxygen atoms in total. The van der Waals surface area contributed by atoms with Crippen LogP contribution in [0.25, 0.3) is 0 Å². The Bertz CT molecular complexity index is 974. The molecular weight excluding hydrogens is 418 g/mol. The minimum atomic E-state index is -2.86. The predicted molar refractivity (Wildman–Crippen MR) is 121 cm³/mol. The molecule has 4 rings (SSSR count). The molecule has 8 heteroatoms. The molecule has 2 aliphatic heterocycles. The molecule has 2 fully saturated rings. The molecule has 0 saturated carbocycles. The number of nitrogens with zero attached hydrogens (tertiary/aromatic N) is 2. The van der Waals surface area contributed by atoms with E-state index in [0.29, 0.717) is 12.3 Å². The summed E-state index contributed by atoms with van der Waals surface area (Å²) >= 11 is 1.63. The minimum absolute atomic E-state index is 0.0204. The van der Waals surface area contributed by atoms with Gasteiger partial charge < -0.3 is 5.32 Å². The van der Waals surface area contributed by atoms with Crippen LogP contribution in [-0.2, 0) is 14.6 Å². The van der Waals surface area contributed by atoms with Gasteiger partial charge in [-0.05, 0) is 30.7 Å². The lowest BCUT2D eigenvalue weighted by atomic mass is 10.2. The standard InChI is InChI=1S/C22H27N3O3S2/c26-22(16-24-11-13-25(14-12-24)18-10-15-30(27,28)17-18)23-20-8-4-5-9-21(20)29-19-6-2-1-3-7-19/h1-9,18H,10-17H2,(H,23,26)/t18-/m0/s1. The minimum Gasteiger partial charge on any atom is -0.324 e. The maximum Gasteiger partial charge on any atom is 0.238 e. The van der Waals surface area contributed by atoms with Crippen molar-refractivity contribution >= 4 is 33.2 Å². The van der Waals surface area contributed by atoms with E-state index in [4.69, 9.17) is 0 Å². The first kappa shape index (κ1) is 21.4. The zero-order chi connectivity index (χ0) is 21.0. The fourth-order valence-electron chi connectivity index (χ4n) is 4.02. The van der Waals surface area contributed by atoms with E-state index in [1.807, 2.05) is 42.5 Å². The first-order chi connectivity index (χ1) is 14.5. The molecule has 160 valence electrons. The lowest BCUT2D eigenvalue weighted by Gasteiger charge is -2.37. The maximum absolute atomic E-state index is 12.7. The van der Waals surface area contributed by atoms with Crippen LogP contribution in [0, 0.1) is 0 Å². The van der Waals surface area contributed by atoms with Crippen molar-refractivity contribution in [2.45, 2.75) is 22.3 Å². The van der Waals surface area contributed by atoms with Crippen LogP contribution in [0.4, 0.5) is 5.69 Å². The molecular formula is C22H27N3O3S2. The van der Waals surface area contributed by atoms with Crippen molar-refractivity contribution in [3.8, 4) is 0 Å². The van der Waals surface area contributed by atoms with Gasteiger partial charge in [-0.15, -0.1) is 0 Å². The second kappa shape index (κ2) is 9.51. The summed E-state index contributed by atoms with van der Waals surface area (Å²) in [6, 6.07) is 18.1. The summed E-state index contributed by atoms with van der Waals surface area (Å²) in [6.07, 6.45) is 0.735. The molecule has 0 unspecified atom stereocenters. The Kier molecular flexibility index (Phi) is 6.77. The topological polar surface area (TPSA) is 69.7 Å². The van der Waals surface area contributed by atoms with Crippen LogP contribution in [0.5, 0.6) is 0 Å². The SMILES string of the molecule is O=C(CN1CCN([C@H]2CCS(=O)(=O)C2)CC1)Nc1ccccc1Sc1ccccc1. The Morgan fingerprint density at radius 3 is 2.40 bits per heavy atom. The third kappa shape index (κ3) is 5.63. The second-order valence-corrected chi connectivity index (χ2v) is 11.2. The highest BCUT2D eigenvalue weighted by Gasteiger charge is 2.33. The van der Waals surface area contributed by atoms with Crippen molar-refractivity contribution in [3.63, 3.8) is 0 Å². The Hall–Kier alpha value is -1.87. The van der Waals surface area contributed by atoms with Gasteiger partial charge in [-0.25, -0.2) is 8.42 Å². The molecule has 30 heavy (non-hydrogen) atoms. The van der Waals surface area contributed by atoms with Crippen molar-refractivity contribution in [1.82, 2.24) is 9.80 Å². The summed E-state index contributed by atoms with van der Waals surface area (Å²) in [5.74, 6) is 0.567. The second-order valence-electron chi connectivity index (χ2n) is 7.83. The van der Waals surface area contributed by atoms with Gasteiger partial charge in [0.15, 0.2) is 9.84 Å². The fourth-order valence-corrected chi connectivity index (χ4v) is 6.70. The number of rotatable bonds is 6. The van der Waals surface area contributed by atoms with E-state index in [1.54, 1.807) is 11.8 Å². The molecule has 0 aliphatic carbocycles. The van der Waals surface area contributed by atoms with Gasteiger partial charge in [-0.3, -0.25) is 14.6 Å². The summed E-state index contributed by atoms with van der Waals surface area (Å²) in [5, 5.41) is 3.06. The number of piperazine rings is 1. The number of nitrogens with one attached hydrogen (secondary N) is 1. The lowest BCUT2D eigenvalue weighted by molar-refractivity contribution is -0.117. The van der Waals surface area contributed by atoms with Gasteiger partial charge in [-0.2, -0.15) is 0 Å². The van der Waals surface area contributed by atoms with E-state index in [0.717, 1.165) is 48.1 Å². The largest absolute Gasteiger partial charge is 0.324 e. The van der Waals surface area contributed by atoms with E-state index in [1.165, 1.54) is 0 Å². The molecule has 1 atom stereocenters. The highest BCUT2D eigenvalue weighted by molar-refractivity contribution is 7.99. The van der Waals surface area contributed by atoms with Crippen molar-refractivity contribution in [1.29, 1.82) is 0 Å². The highest BCUT2D eigenvalue weighted by atomic mass is 32.2. The van der Waals surface area contributed by atoms with Gasteiger partial charge in [0.1, 0.15) is 0 Å². The molecule has 2 aliphatic rings. The van der Waals surface area contributed by atoms with Gasteiger partial charge in [0.25, 0.3) is 0 Å². The lowest BCUT2D eigenvalue weighted by Crippen LogP contribution is -2.52. The molecule has 0 spiro atoms. The smallest absolute Gasteiger partial charge is 0.238 e. The number of para-hydroxylation sites is 1. The Morgan fingerprint density at radius 2 is 1.70 bits per heavy atom. The van der Waals surface area contributed by atoms with Gasteiger partial charge in [0.05, 0.1) is 23.7 Å². The van der Waals surface area contributed by atoms with E-state index in [2.05, 4.69) is 27.2 Å². The van der Waals surface area contributed by atoms with Gasteiger partial charge in [0.2, 0.25) is 5.91 Å². The molecule has 2 heterocycles. The van der Waals surface area contributed by atoms with Gasteiger partial charge >= 0.3 is 0 Å². The number of sulfone groups is 1. The van der Waals surface area contributed by atoms with Crippen molar-refractivity contribution in [2.75, 3.05) is 49.5 Å². The van der Waals surface area contributed by atoms with Crippen molar-refractivity contribution in [2.24, 2.45) is 0 Å². The van der Waals surface area contributed by atoms with Crippen LogP contribution in [0.1, 0.15) is 6.42 Å². The molecule has 2 aromatic rings. The van der Waals surface area contributed by atoms with Crippen LogP contribution < -0.4 is 5.32 Å². The monoisotopic (exact) mass is 445 g/mol. The van der Waals surface area contributed by atoms with E-state index < -0.39 is 9.84 Å². The average molecular weight is 446 g/mol. The first-order valence-corrected chi connectivity index (χ1v) is 12.9. The van der Waals surface area contributed by atoms with Crippen LogP contribution in [0.15, 0.2) is 64.4 Å². The van der Waals surface area contributed by atoms with Crippen LogP contribution in [-0.4, -0.2) is 74.4 Å². The zero-order valence-corrected chi connectivity index (χ0v) is 18.5. The first-order valence-electron chi connectivity index (χ1n) is 10.3. The summed E-state index contributed by atoms with van der Waals surface area (Å²) in [6.45, 7) is 3.54. The number of hydrogen-bond acceptors (Lipinski definition) is 6. The third-order valence-corrected chi connectivity index (χ3v) is 8.47. The molecule has 2 aromatic carbocycles. The number of anilines is 1. The Balaban J connectivity index is 1.29. The summed E-state index contributed by atoms with van der Waals surface area (Å²) in [5.41, 5.74) is 0.825. The van der Waals surface area contributed by atoms with Crippen LogP contribution in [0.2, 0.25) is 0 Å². The Morgan fingerprint density at radius 1 is 1.00 bits per heavy atom. The van der Waals surface area contributed by atoms with Crippen LogP contribution >= 0.6 is 11.8 Å². The van der Waals surface area contributed by atoms with Crippen LogP contribution in [0.3, 0.4) is 0 Å². The number of carbonyl (C=O) groups excluding carboxylic acids is 1. The predicted octanol–water partition coefficient (Wildman–Crippen LogP) is 2.58. The molecule has 0 bridgehead atoms. The van der Waals surface area contributed by atoms with Crippen molar-refractivity contribution < 1.29 is 13.2 Å². The highest BCUT2D eigenvalue weighted by Crippen LogP contribution is 2.33. The van der Waals surface area contributed by atoms with Gasteiger partial charge in [0, 0.05) is 42.0 Å². The zero-order valence-electron chi connectivity index (χ0n) is 16.9. The van der Waals surface area contributed by atoms with Crippen molar-refractivity contribution in [3.05, 3.63) is 54.6 Å². The molecule has 1 amide bonds. The molecule has 0 radical (unpaired) electrons. The summed E-state index contributed by atoms with van der Waals surface area (Å²) in [4.78, 5) is 19.2.